The first-order valence-corrected chi connectivity index (χ1v) is 6.38. The van der Waals surface area contributed by atoms with E-state index in [9.17, 15) is 24.1 Å². The number of nitro benzene ring substituents is 1. The maximum atomic E-state index is 12.7. The second kappa shape index (κ2) is 7.08. The number of benzene rings is 2. The van der Waals surface area contributed by atoms with Gasteiger partial charge in [-0.25, -0.2) is 9.18 Å². The fraction of sp³-hybridized carbons (Fsp3) is 0. The van der Waals surface area contributed by atoms with Crippen LogP contribution in [0.5, 0.6) is 5.75 Å². The van der Waals surface area contributed by atoms with Crippen molar-refractivity contribution in [2.24, 2.45) is 0 Å². The summed E-state index contributed by atoms with van der Waals surface area (Å²) in [6.07, 6.45) is 2.87. The molecule has 0 aliphatic heterocycles. The molecule has 7 heteroatoms. The molecule has 2 rings (SSSR count). The van der Waals surface area contributed by atoms with Crippen LogP contribution in [0.25, 0.3) is 6.08 Å². The number of nitro groups is 1. The molecule has 2 aromatic rings. The van der Waals surface area contributed by atoms with Crippen LogP contribution in [0.15, 0.2) is 48.5 Å². The monoisotopic (exact) mass is 315 g/mol. The summed E-state index contributed by atoms with van der Waals surface area (Å²) in [5.41, 5.74) is 0.194. The van der Waals surface area contributed by atoms with Crippen molar-refractivity contribution in [2.45, 2.75) is 0 Å². The van der Waals surface area contributed by atoms with Gasteiger partial charge in [-0.2, -0.15) is 0 Å². The van der Waals surface area contributed by atoms with Crippen molar-refractivity contribution in [3.8, 4) is 5.75 Å². The molecule has 0 radical (unpaired) electrons. The molecule has 0 heterocycles. The number of rotatable bonds is 5. The summed E-state index contributed by atoms with van der Waals surface area (Å²) in [7, 11) is 0. The molecule has 0 saturated heterocycles. The Morgan fingerprint density at radius 3 is 2.48 bits per heavy atom. The van der Waals surface area contributed by atoms with Crippen molar-refractivity contribution in [1.82, 2.24) is 0 Å². The molecule has 0 bridgehead atoms. The topological polar surface area (TPSA) is 86.5 Å². The van der Waals surface area contributed by atoms with Crippen molar-refractivity contribution in [2.75, 3.05) is 0 Å². The smallest absolute Gasteiger partial charge is 0.336 e. The number of non-ortho nitro benzene ring substituents is 1. The van der Waals surface area contributed by atoms with Crippen molar-refractivity contribution >= 4 is 24.0 Å². The molecule has 116 valence electrons. The van der Waals surface area contributed by atoms with Crippen LogP contribution in [0.4, 0.5) is 10.1 Å². The van der Waals surface area contributed by atoms with Crippen LogP contribution in [-0.4, -0.2) is 17.2 Å². The molecule has 0 unspecified atom stereocenters. The van der Waals surface area contributed by atoms with E-state index in [-0.39, 0.29) is 17.0 Å². The van der Waals surface area contributed by atoms with Crippen molar-refractivity contribution in [3.05, 3.63) is 75.6 Å². The van der Waals surface area contributed by atoms with E-state index in [1.165, 1.54) is 36.4 Å². The number of hydrogen-bond acceptors (Lipinski definition) is 5. The highest BCUT2D eigenvalue weighted by Crippen LogP contribution is 2.23. The van der Waals surface area contributed by atoms with Gasteiger partial charge in [0.25, 0.3) is 5.69 Å². The fourth-order valence-corrected chi connectivity index (χ4v) is 1.72. The van der Waals surface area contributed by atoms with Gasteiger partial charge in [-0.15, -0.1) is 0 Å². The normalized spacial score (nSPS) is 10.5. The minimum Gasteiger partial charge on any atom is -0.423 e. The molecule has 23 heavy (non-hydrogen) atoms. The van der Waals surface area contributed by atoms with Gasteiger partial charge < -0.3 is 4.74 Å². The van der Waals surface area contributed by atoms with Crippen molar-refractivity contribution < 1.29 is 23.6 Å². The maximum absolute atomic E-state index is 12.7. The molecular formula is C16H10FNO5. The van der Waals surface area contributed by atoms with Gasteiger partial charge in [0.05, 0.1) is 10.5 Å². The van der Waals surface area contributed by atoms with Crippen molar-refractivity contribution in [3.63, 3.8) is 0 Å². The van der Waals surface area contributed by atoms with E-state index in [2.05, 4.69) is 0 Å². The number of nitrogens with zero attached hydrogens (tertiary/aromatic N) is 1. The fourth-order valence-electron chi connectivity index (χ4n) is 1.72. The van der Waals surface area contributed by atoms with Gasteiger partial charge in [0.15, 0.2) is 6.29 Å². The van der Waals surface area contributed by atoms with E-state index in [1.807, 2.05) is 0 Å². The van der Waals surface area contributed by atoms with Crippen LogP contribution < -0.4 is 4.74 Å². The third-order valence-electron chi connectivity index (χ3n) is 2.82. The molecule has 0 aliphatic rings. The first-order chi connectivity index (χ1) is 11.0. The average molecular weight is 315 g/mol. The van der Waals surface area contributed by atoms with Gasteiger partial charge in [0, 0.05) is 18.2 Å². The second-order valence-corrected chi connectivity index (χ2v) is 4.40. The van der Waals surface area contributed by atoms with Crippen LogP contribution in [-0.2, 0) is 4.79 Å². The SMILES string of the molecule is O=Cc1cc([N+](=O)[O-])ccc1OC(=O)C=Cc1ccc(F)cc1. The number of hydrogen-bond donors (Lipinski definition) is 0. The molecule has 0 N–H and O–H groups in total. The van der Waals surface area contributed by atoms with E-state index >= 15 is 0 Å². The lowest BCUT2D eigenvalue weighted by molar-refractivity contribution is -0.384. The first-order valence-electron chi connectivity index (χ1n) is 6.38. The number of carbonyl (C=O) groups excluding carboxylic acids is 2. The highest BCUT2D eigenvalue weighted by atomic mass is 19.1. The van der Waals surface area contributed by atoms with Gasteiger partial charge in [-0.05, 0) is 29.8 Å². The average Bonchev–Trinajstić information content (AvgIpc) is 2.54. The third-order valence-corrected chi connectivity index (χ3v) is 2.82. The van der Waals surface area contributed by atoms with E-state index in [0.29, 0.717) is 11.8 Å². The van der Waals surface area contributed by atoms with Gasteiger partial charge in [-0.3, -0.25) is 14.9 Å². The minimum atomic E-state index is -0.772. The van der Waals surface area contributed by atoms with Crippen LogP contribution in [0.3, 0.4) is 0 Å². The van der Waals surface area contributed by atoms with Crippen molar-refractivity contribution in [1.29, 1.82) is 0 Å². The van der Waals surface area contributed by atoms with E-state index < -0.39 is 16.7 Å². The number of halogens is 1. The van der Waals surface area contributed by atoms with E-state index in [4.69, 9.17) is 4.74 Å². The standard InChI is InChI=1S/C16H10FNO5/c17-13-4-1-11(2-5-13)3-8-16(20)23-15-7-6-14(18(21)22)9-12(15)10-19/h1-10H. The van der Waals surface area contributed by atoms with Crippen LogP contribution in [0, 0.1) is 15.9 Å². The summed E-state index contributed by atoms with van der Waals surface area (Å²) in [4.78, 5) is 32.6. The number of aldehydes is 1. The molecule has 6 nitrogen and oxygen atoms in total. The summed E-state index contributed by atoms with van der Waals surface area (Å²) >= 11 is 0. The van der Waals surface area contributed by atoms with Crippen LogP contribution in [0.2, 0.25) is 0 Å². The van der Waals surface area contributed by atoms with Crippen LogP contribution in [0.1, 0.15) is 15.9 Å². The summed E-state index contributed by atoms with van der Waals surface area (Å²) in [5, 5.41) is 10.6. The Hall–Kier alpha value is -3.35. The largest absolute Gasteiger partial charge is 0.423 e. The van der Waals surface area contributed by atoms with Gasteiger partial charge in [-0.1, -0.05) is 12.1 Å². The first kappa shape index (κ1) is 16.0. The van der Waals surface area contributed by atoms with Crippen LogP contribution >= 0.6 is 0 Å². The summed E-state index contributed by atoms with van der Waals surface area (Å²) in [5.74, 6) is -1.25. The quantitative estimate of drug-likeness (QED) is 0.211. The van der Waals surface area contributed by atoms with Gasteiger partial charge in [0.1, 0.15) is 11.6 Å². The summed E-state index contributed by atoms with van der Waals surface area (Å²) in [6.45, 7) is 0. The van der Waals surface area contributed by atoms with Gasteiger partial charge in [0.2, 0.25) is 0 Å². The molecule has 0 spiro atoms. The molecule has 0 aliphatic carbocycles. The number of carbonyl (C=O) groups is 2. The molecule has 0 aromatic heterocycles. The predicted octanol–water partition coefficient (Wildman–Crippen LogP) is 3.17. The maximum Gasteiger partial charge on any atom is 0.336 e. The molecule has 0 fully saturated rings. The molecular weight excluding hydrogens is 305 g/mol. The number of esters is 1. The Kier molecular flexibility index (Phi) is 4.93. The summed E-state index contributed by atoms with van der Waals surface area (Å²) < 4.78 is 17.7. The zero-order valence-corrected chi connectivity index (χ0v) is 11.6. The van der Waals surface area contributed by atoms with Gasteiger partial charge >= 0.3 is 5.97 Å². The van der Waals surface area contributed by atoms with E-state index in [1.54, 1.807) is 0 Å². The van der Waals surface area contributed by atoms with E-state index in [0.717, 1.165) is 18.2 Å². The lowest BCUT2D eigenvalue weighted by Crippen LogP contribution is -2.06. The Morgan fingerprint density at radius 2 is 1.87 bits per heavy atom. The zero-order valence-electron chi connectivity index (χ0n) is 11.6. The third kappa shape index (κ3) is 4.31. The second-order valence-electron chi connectivity index (χ2n) is 4.40. The highest BCUT2D eigenvalue weighted by Gasteiger charge is 2.13. The Morgan fingerprint density at radius 1 is 1.17 bits per heavy atom. The molecule has 0 saturated carbocycles. The number of ether oxygens (including phenoxy) is 1. The highest BCUT2D eigenvalue weighted by molar-refractivity contribution is 5.90. The Bertz CT molecular complexity index is 784. The molecule has 0 amide bonds. The minimum absolute atomic E-state index is 0.0839. The summed E-state index contributed by atoms with van der Waals surface area (Å²) in [6, 6.07) is 8.74. The molecule has 0 atom stereocenters. The lowest BCUT2D eigenvalue weighted by Gasteiger charge is -2.04. The Balaban J connectivity index is 2.12. The predicted molar refractivity (Wildman–Crippen MR) is 79.6 cm³/mol. The zero-order chi connectivity index (χ0) is 16.8. The Labute approximate surface area is 130 Å². The molecule has 2 aromatic carbocycles. The lowest BCUT2D eigenvalue weighted by atomic mass is 10.2.